The molecule has 0 aliphatic heterocycles. The number of hydrogen-bond donors (Lipinski definition) is 0. The summed E-state index contributed by atoms with van der Waals surface area (Å²) in [4.78, 5) is 0. The van der Waals surface area contributed by atoms with Crippen molar-refractivity contribution in [2.75, 3.05) is 13.2 Å². The van der Waals surface area contributed by atoms with Gasteiger partial charge in [-0.1, -0.05) is 124 Å². The minimum atomic E-state index is 0.684. The van der Waals surface area contributed by atoms with Gasteiger partial charge in [0, 0.05) is 43.1 Å². The standard InChI is InChI=1S/C42H34O2/c1-3-5-23-43-41-37-33-25-15-7-11-19-29(25)35(30-20-12-8-16-26(30)33)39(37)42(44-24-6-4-2)40-36-31-21-13-9-17-27(31)34(38(40)41)28-18-10-14-22-32(28)36/h7-22H,3-6,23-24H2,1-2H3. The highest BCUT2D eigenvalue weighted by atomic mass is 16.5. The Kier molecular flexibility index (Phi) is 5.75. The van der Waals surface area contributed by atoms with Crippen LogP contribution in [0, 0.1) is 0 Å². The molecule has 11 rings (SSSR count). The topological polar surface area (TPSA) is 18.5 Å². The summed E-state index contributed by atoms with van der Waals surface area (Å²) in [5.74, 6) is 2.03. The second-order valence-electron chi connectivity index (χ2n) is 12.2. The van der Waals surface area contributed by atoms with Gasteiger partial charge >= 0.3 is 0 Å². The van der Waals surface area contributed by atoms with Crippen molar-refractivity contribution in [3.63, 3.8) is 0 Å². The van der Waals surface area contributed by atoms with Crippen molar-refractivity contribution in [2.45, 2.75) is 39.5 Å². The van der Waals surface area contributed by atoms with Crippen LogP contribution < -0.4 is 9.47 Å². The van der Waals surface area contributed by atoms with Crippen molar-refractivity contribution in [3.05, 3.63) is 97.1 Å². The van der Waals surface area contributed by atoms with Gasteiger partial charge < -0.3 is 9.47 Å². The summed E-state index contributed by atoms with van der Waals surface area (Å²) in [6.45, 7) is 5.83. The molecule has 0 fully saturated rings. The van der Waals surface area contributed by atoms with Crippen LogP contribution >= 0.6 is 0 Å². The Morgan fingerprint density at radius 1 is 0.341 bits per heavy atom. The first kappa shape index (κ1) is 25.7. The molecular formula is C42H34O2. The molecule has 44 heavy (non-hydrogen) atoms. The molecule has 2 heteroatoms. The van der Waals surface area contributed by atoms with Crippen LogP contribution in [-0.2, 0) is 0 Å². The van der Waals surface area contributed by atoms with Crippen LogP contribution in [0.3, 0.4) is 0 Å². The smallest absolute Gasteiger partial charge is 0.136 e. The molecule has 0 spiro atoms. The Hall–Kier alpha value is -4.82. The number of rotatable bonds is 8. The zero-order chi connectivity index (χ0) is 29.4. The van der Waals surface area contributed by atoms with E-state index in [9.17, 15) is 0 Å². The Morgan fingerprint density at radius 2 is 0.568 bits per heavy atom. The maximum absolute atomic E-state index is 7.07. The summed E-state index contributed by atoms with van der Waals surface area (Å²) >= 11 is 0. The first-order valence-electron chi connectivity index (χ1n) is 16.2. The van der Waals surface area contributed by atoms with E-state index in [1.807, 2.05) is 0 Å². The molecule has 11 aromatic rings. The normalized spacial score (nSPS) is 12.4. The van der Waals surface area contributed by atoms with Gasteiger partial charge in [0.05, 0.1) is 13.2 Å². The van der Waals surface area contributed by atoms with Gasteiger partial charge in [0.2, 0.25) is 0 Å². The van der Waals surface area contributed by atoms with E-state index in [0.717, 1.165) is 37.2 Å². The summed E-state index contributed by atoms with van der Waals surface area (Å²) in [5.41, 5.74) is 0. The lowest BCUT2D eigenvalue weighted by Gasteiger charge is -2.27. The molecule has 0 N–H and O–H groups in total. The molecule has 0 aliphatic carbocycles. The lowest BCUT2D eigenvalue weighted by Crippen LogP contribution is -2.05. The largest absolute Gasteiger partial charge is 0.492 e. The lowest BCUT2D eigenvalue weighted by atomic mass is 9.80. The van der Waals surface area contributed by atoms with E-state index in [1.165, 1.54) is 86.2 Å². The van der Waals surface area contributed by atoms with Crippen LogP contribution in [0.2, 0.25) is 0 Å². The first-order valence-corrected chi connectivity index (χ1v) is 16.2. The molecule has 0 heterocycles. The summed E-state index contributed by atoms with van der Waals surface area (Å²) in [7, 11) is 0. The summed E-state index contributed by atoms with van der Waals surface area (Å²) in [6, 6.07) is 35.7. The molecule has 0 saturated heterocycles. The first-order chi connectivity index (χ1) is 21.8. The van der Waals surface area contributed by atoms with Crippen LogP contribution in [-0.4, -0.2) is 13.2 Å². The Labute approximate surface area is 256 Å². The van der Waals surface area contributed by atoms with E-state index in [0.29, 0.717) is 13.2 Å². The van der Waals surface area contributed by atoms with E-state index in [4.69, 9.17) is 9.47 Å². The van der Waals surface area contributed by atoms with Crippen molar-refractivity contribution in [3.8, 4) is 11.5 Å². The minimum Gasteiger partial charge on any atom is -0.492 e. The minimum absolute atomic E-state index is 0.684. The molecule has 0 atom stereocenters. The fourth-order valence-corrected chi connectivity index (χ4v) is 7.92. The highest BCUT2D eigenvalue weighted by Gasteiger charge is 2.30. The van der Waals surface area contributed by atoms with Crippen LogP contribution in [0.5, 0.6) is 11.5 Å². The van der Waals surface area contributed by atoms with Crippen molar-refractivity contribution in [2.24, 2.45) is 0 Å². The summed E-state index contributed by atoms with van der Waals surface area (Å²) in [5, 5.41) is 20.2. The fourth-order valence-electron chi connectivity index (χ4n) is 7.92. The predicted molar refractivity (Wildman–Crippen MR) is 190 cm³/mol. The molecule has 0 unspecified atom stereocenters. The molecule has 0 aliphatic rings. The van der Waals surface area contributed by atoms with Crippen molar-refractivity contribution in [1.29, 1.82) is 0 Å². The molecular weight excluding hydrogens is 536 g/mol. The monoisotopic (exact) mass is 570 g/mol. The van der Waals surface area contributed by atoms with Crippen LogP contribution in [0.4, 0.5) is 0 Å². The van der Waals surface area contributed by atoms with E-state index in [2.05, 4.69) is 111 Å². The number of hydrogen-bond acceptors (Lipinski definition) is 2. The number of benzene rings is 11. The molecule has 214 valence electrons. The average molecular weight is 571 g/mol. The predicted octanol–water partition coefficient (Wildman–Crippen LogP) is 12.1. The molecule has 0 radical (unpaired) electrons. The second-order valence-corrected chi connectivity index (χ2v) is 12.2. The van der Waals surface area contributed by atoms with E-state index < -0.39 is 0 Å². The van der Waals surface area contributed by atoms with Crippen LogP contribution in [0.25, 0.3) is 86.2 Å². The number of ether oxygens (including phenoxy) is 2. The SMILES string of the molecule is CCCCOc1c2c(c(OCCCC)c3c1c1c4ccccc4c3c3ccccc31)c1c3ccccc3c2c2ccccc21. The molecule has 0 saturated carbocycles. The van der Waals surface area contributed by atoms with E-state index in [-0.39, 0.29) is 0 Å². The van der Waals surface area contributed by atoms with Gasteiger partial charge in [0.25, 0.3) is 0 Å². The van der Waals surface area contributed by atoms with Gasteiger partial charge in [0.15, 0.2) is 0 Å². The zero-order valence-corrected chi connectivity index (χ0v) is 25.3. The molecule has 2 nitrogen and oxygen atoms in total. The van der Waals surface area contributed by atoms with Crippen molar-refractivity contribution in [1.82, 2.24) is 0 Å². The van der Waals surface area contributed by atoms with Gasteiger partial charge in [-0.3, -0.25) is 0 Å². The maximum Gasteiger partial charge on any atom is 0.136 e. The quantitative estimate of drug-likeness (QED) is 0.134. The molecule has 0 amide bonds. The van der Waals surface area contributed by atoms with Gasteiger partial charge in [-0.25, -0.2) is 0 Å². The van der Waals surface area contributed by atoms with E-state index in [1.54, 1.807) is 0 Å². The average Bonchev–Trinajstić information content (AvgIpc) is 3.08. The highest BCUT2D eigenvalue weighted by Crippen LogP contribution is 2.58. The van der Waals surface area contributed by atoms with Gasteiger partial charge in [-0.05, 0) is 55.9 Å². The Bertz CT molecular complexity index is 2060. The van der Waals surface area contributed by atoms with Gasteiger partial charge in [0.1, 0.15) is 11.5 Å². The van der Waals surface area contributed by atoms with Crippen LogP contribution in [0.15, 0.2) is 97.1 Å². The summed E-state index contributed by atoms with van der Waals surface area (Å²) in [6.07, 6.45) is 4.19. The van der Waals surface area contributed by atoms with Crippen molar-refractivity contribution >= 4 is 86.2 Å². The fraction of sp³-hybridized carbons (Fsp3) is 0.190. The van der Waals surface area contributed by atoms with Gasteiger partial charge in [-0.15, -0.1) is 0 Å². The second kappa shape index (κ2) is 9.86. The third-order valence-electron chi connectivity index (χ3n) is 9.76. The third kappa shape index (κ3) is 3.31. The summed E-state index contributed by atoms with van der Waals surface area (Å²) < 4.78 is 14.1. The maximum atomic E-state index is 7.07. The Morgan fingerprint density at radius 3 is 0.773 bits per heavy atom. The Balaban J connectivity index is 1.65. The van der Waals surface area contributed by atoms with Crippen molar-refractivity contribution < 1.29 is 9.47 Å². The van der Waals surface area contributed by atoms with Gasteiger partial charge in [-0.2, -0.15) is 0 Å². The third-order valence-corrected chi connectivity index (χ3v) is 9.76. The molecule has 4 bridgehead atoms. The lowest BCUT2D eigenvalue weighted by molar-refractivity contribution is 0.312. The molecule has 11 aromatic carbocycles. The van der Waals surface area contributed by atoms with E-state index >= 15 is 0 Å². The highest BCUT2D eigenvalue weighted by molar-refractivity contribution is 6.49. The van der Waals surface area contributed by atoms with Crippen LogP contribution in [0.1, 0.15) is 39.5 Å². The number of unbranched alkanes of at least 4 members (excludes halogenated alkanes) is 2. The zero-order valence-electron chi connectivity index (χ0n) is 25.3. The molecule has 0 aromatic heterocycles.